The summed E-state index contributed by atoms with van der Waals surface area (Å²) < 4.78 is 20.9. The van der Waals surface area contributed by atoms with Crippen LogP contribution >= 0.6 is 0 Å². The van der Waals surface area contributed by atoms with E-state index in [1.807, 2.05) is 20.8 Å². The first kappa shape index (κ1) is 24.3. The molecule has 6 heteroatoms. The van der Waals surface area contributed by atoms with Crippen LogP contribution in [0.5, 0.6) is 0 Å². The van der Waals surface area contributed by atoms with E-state index >= 15 is 0 Å². The van der Waals surface area contributed by atoms with Crippen molar-refractivity contribution in [2.45, 2.75) is 85.5 Å². The number of hydrogen-bond donors (Lipinski definition) is 0. The first-order valence-electron chi connectivity index (χ1n) is 10.1. The van der Waals surface area contributed by atoms with E-state index in [1.54, 1.807) is 0 Å². The van der Waals surface area contributed by atoms with Gasteiger partial charge in [0.1, 0.15) is 8.24 Å². The predicted molar refractivity (Wildman–Crippen MR) is 109 cm³/mol. The van der Waals surface area contributed by atoms with Crippen LogP contribution in [0.4, 0.5) is 0 Å². The molecule has 4 nitrogen and oxygen atoms in total. The van der Waals surface area contributed by atoms with Crippen molar-refractivity contribution in [3.05, 3.63) is 0 Å². The second-order valence-corrected chi connectivity index (χ2v) is 14.5. The average molecular weight is 378 g/mol. The van der Waals surface area contributed by atoms with E-state index in [0.29, 0.717) is 19.8 Å². The summed E-state index contributed by atoms with van der Waals surface area (Å²) in [4.78, 5) is 0. The Labute approximate surface area is 153 Å². The Balaban J connectivity index is 4.95. The van der Waals surface area contributed by atoms with Crippen LogP contribution in [-0.2, 0) is 13.3 Å². The fourth-order valence-electron chi connectivity index (χ4n) is 3.03. The Hall–Kier alpha value is 0.274. The van der Waals surface area contributed by atoms with Crippen LogP contribution in [0.15, 0.2) is 0 Å². The van der Waals surface area contributed by atoms with Gasteiger partial charge in [-0.25, -0.2) is 0 Å². The summed E-state index contributed by atoms with van der Waals surface area (Å²) in [5.41, 5.74) is 0. The van der Waals surface area contributed by atoms with Gasteiger partial charge in [-0.3, -0.25) is 0 Å². The molecule has 0 aromatic carbocycles. The monoisotopic (exact) mass is 377 g/mol. The van der Waals surface area contributed by atoms with Crippen molar-refractivity contribution in [3.8, 4) is 0 Å². The van der Waals surface area contributed by atoms with E-state index in [9.17, 15) is 0 Å². The number of nitrogens with zero attached hydrogens (tertiary/aromatic N) is 1. The molecule has 0 N–H and O–H groups in total. The first-order valence-corrected chi connectivity index (χ1v) is 15.2. The summed E-state index contributed by atoms with van der Waals surface area (Å²) in [5, 5.41) is 0. The van der Waals surface area contributed by atoms with Gasteiger partial charge in [-0.15, -0.1) is 0 Å². The Morgan fingerprint density at radius 2 is 1.08 bits per heavy atom. The maximum Gasteiger partial charge on any atom is 0.500 e. The molecule has 146 valence electrons. The third-order valence-corrected chi connectivity index (χ3v) is 11.7. The zero-order valence-electron chi connectivity index (χ0n) is 17.5. The molecule has 0 aromatic heterocycles. The predicted octanol–water partition coefficient (Wildman–Crippen LogP) is 5.14. The Kier molecular flexibility index (Phi) is 13.6. The molecule has 0 radical (unpaired) electrons. The number of rotatable bonds is 16. The van der Waals surface area contributed by atoms with Crippen molar-refractivity contribution < 1.29 is 13.3 Å². The van der Waals surface area contributed by atoms with Gasteiger partial charge in [0, 0.05) is 25.9 Å². The second kappa shape index (κ2) is 13.5. The Bertz CT molecular complexity index is 279. The lowest BCUT2D eigenvalue weighted by Gasteiger charge is -2.39. The largest absolute Gasteiger partial charge is 0.500 e. The fourth-order valence-corrected chi connectivity index (χ4v) is 10.6. The van der Waals surface area contributed by atoms with Crippen LogP contribution in [0.1, 0.15) is 60.3 Å². The van der Waals surface area contributed by atoms with Crippen molar-refractivity contribution in [1.82, 2.24) is 4.57 Å². The normalized spacial score (nSPS) is 13.0. The van der Waals surface area contributed by atoms with E-state index < -0.39 is 17.0 Å². The van der Waals surface area contributed by atoms with Crippen molar-refractivity contribution in [2.24, 2.45) is 0 Å². The van der Waals surface area contributed by atoms with Gasteiger partial charge in [-0.05, 0) is 52.7 Å². The summed E-state index contributed by atoms with van der Waals surface area (Å²) in [6, 6.07) is 2.14. The van der Waals surface area contributed by atoms with E-state index in [4.69, 9.17) is 13.3 Å². The SMILES string of the molecule is CCCCN(CCCC)[Si](C)(C)CC[Si](OCC)(OCC)OCC. The van der Waals surface area contributed by atoms with Gasteiger partial charge in [-0.2, -0.15) is 0 Å². The highest BCUT2D eigenvalue weighted by atomic mass is 28.4. The van der Waals surface area contributed by atoms with Crippen LogP contribution < -0.4 is 0 Å². The molecule has 0 atom stereocenters. The van der Waals surface area contributed by atoms with Gasteiger partial charge in [0.05, 0.1) is 0 Å². The molecule has 0 saturated carbocycles. The lowest BCUT2D eigenvalue weighted by molar-refractivity contribution is 0.0723. The Morgan fingerprint density at radius 3 is 1.42 bits per heavy atom. The van der Waals surface area contributed by atoms with Gasteiger partial charge >= 0.3 is 8.80 Å². The molecule has 0 aliphatic rings. The molecule has 0 spiro atoms. The molecule has 24 heavy (non-hydrogen) atoms. The molecular weight excluding hydrogens is 334 g/mol. The van der Waals surface area contributed by atoms with Gasteiger partial charge in [0.25, 0.3) is 0 Å². The molecule has 0 unspecified atom stereocenters. The van der Waals surface area contributed by atoms with Crippen molar-refractivity contribution in [3.63, 3.8) is 0 Å². The number of hydrogen-bond acceptors (Lipinski definition) is 4. The molecule has 0 rings (SSSR count). The highest BCUT2D eigenvalue weighted by Crippen LogP contribution is 2.26. The van der Waals surface area contributed by atoms with Crippen LogP contribution in [0.3, 0.4) is 0 Å². The topological polar surface area (TPSA) is 30.9 Å². The zero-order chi connectivity index (χ0) is 18.5. The lowest BCUT2D eigenvalue weighted by Crippen LogP contribution is -2.53. The minimum atomic E-state index is -2.51. The molecule has 0 amide bonds. The van der Waals surface area contributed by atoms with Crippen LogP contribution in [0.2, 0.25) is 25.2 Å². The van der Waals surface area contributed by atoms with Crippen molar-refractivity contribution in [2.75, 3.05) is 32.9 Å². The molecule has 0 heterocycles. The Morgan fingerprint density at radius 1 is 0.667 bits per heavy atom. The maximum atomic E-state index is 6.05. The summed E-state index contributed by atoms with van der Waals surface area (Å²) in [6.45, 7) is 20.2. The highest BCUT2D eigenvalue weighted by Gasteiger charge is 2.43. The van der Waals surface area contributed by atoms with Gasteiger partial charge < -0.3 is 17.8 Å². The summed E-state index contributed by atoms with van der Waals surface area (Å²) in [6.07, 6.45) is 5.13. The minimum absolute atomic E-state index is 0.670. The minimum Gasteiger partial charge on any atom is -0.374 e. The van der Waals surface area contributed by atoms with Crippen LogP contribution in [0.25, 0.3) is 0 Å². The second-order valence-electron chi connectivity index (χ2n) is 6.99. The quantitative estimate of drug-likeness (QED) is 0.348. The first-order chi connectivity index (χ1) is 11.4. The fraction of sp³-hybridized carbons (Fsp3) is 1.00. The van der Waals surface area contributed by atoms with E-state index in [2.05, 4.69) is 31.5 Å². The molecule has 0 aromatic rings. The van der Waals surface area contributed by atoms with Crippen LogP contribution in [-0.4, -0.2) is 54.5 Å². The molecular formula is C18H43NO3Si2. The average Bonchev–Trinajstić information content (AvgIpc) is 2.54. The summed E-state index contributed by atoms with van der Waals surface area (Å²) in [5.74, 6) is 0. The summed E-state index contributed by atoms with van der Waals surface area (Å²) in [7, 11) is -3.98. The third-order valence-electron chi connectivity index (χ3n) is 4.55. The van der Waals surface area contributed by atoms with E-state index in [0.717, 1.165) is 6.04 Å². The van der Waals surface area contributed by atoms with Gasteiger partial charge in [0.15, 0.2) is 0 Å². The van der Waals surface area contributed by atoms with Crippen LogP contribution in [0, 0.1) is 0 Å². The van der Waals surface area contributed by atoms with Gasteiger partial charge in [0.2, 0.25) is 0 Å². The van der Waals surface area contributed by atoms with Gasteiger partial charge in [-0.1, -0.05) is 39.8 Å². The van der Waals surface area contributed by atoms with E-state index in [1.165, 1.54) is 44.8 Å². The maximum absolute atomic E-state index is 6.05. The molecule has 0 aliphatic heterocycles. The third kappa shape index (κ3) is 9.10. The standard InChI is InChI=1S/C18H43NO3Si2/c1-8-13-15-19(16-14-9-2)23(6,7)17-18-24(20-10-3,21-11-4)22-12-5/h8-18H2,1-7H3. The van der Waals surface area contributed by atoms with Crippen molar-refractivity contribution in [1.29, 1.82) is 0 Å². The highest BCUT2D eigenvalue weighted by molar-refractivity contribution is 6.76. The number of unbranched alkanes of at least 4 members (excludes halogenated alkanes) is 2. The van der Waals surface area contributed by atoms with E-state index in [-0.39, 0.29) is 0 Å². The lowest BCUT2D eigenvalue weighted by atomic mass is 10.3. The zero-order valence-corrected chi connectivity index (χ0v) is 19.5. The molecule has 0 bridgehead atoms. The molecule has 0 aliphatic carbocycles. The summed E-state index contributed by atoms with van der Waals surface area (Å²) >= 11 is 0. The smallest absolute Gasteiger partial charge is 0.374 e. The van der Waals surface area contributed by atoms with Crippen molar-refractivity contribution >= 4 is 17.0 Å². The molecule has 0 fully saturated rings. The molecule has 0 saturated heterocycles.